The summed E-state index contributed by atoms with van der Waals surface area (Å²) in [5, 5.41) is 1.73. The highest BCUT2D eigenvalue weighted by molar-refractivity contribution is 7.89. The molecule has 0 aromatic heterocycles. The lowest BCUT2D eigenvalue weighted by Crippen LogP contribution is -2.31. The average Bonchev–Trinajstić information content (AvgIpc) is 2.62. The minimum Gasteiger partial charge on any atom is -0.303 e. The number of hydrogen-bond donors (Lipinski definition) is 1. The van der Waals surface area contributed by atoms with Crippen LogP contribution in [0, 0.1) is 0 Å². The Bertz CT molecular complexity index is 763. The van der Waals surface area contributed by atoms with E-state index in [-0.39, 0.29) is 0 Å². The van der Waals surface area contributed by atoms with Crippen LogP contribution in [0.4, 0.5) is 0 Å². The van der Waals surface area contributed by atoms with Gasteiger partial charge in [0.2, 0.25) is 10.0 Å². The van der Waals surface area contributed by atoms with E-state index in [1.165, 1.54) is 32.4 Å². The zero-order valence-electron chi connectivity index (χ0n) is 14.1. The van der Waals surface area contributed by atoms with Gasteiger partial charge in [-0.25, -0.2) is 13.1 Å². The van der Waals surface area contributed by atoms with Crippen molar-refractivity contribution >= 4 is 20.8 Å². The maximum Gasteiger partial charge on any atom is 0.241 e. The Morgan fingerprint density at radius 1 is 0.917 bits per heavy atom. The number of hydrogen-bond acceptors (Lipinski definition) is 3. The third-order valence-corrected chi connectivity index (χ3v) is 6.20. The molecule has 4 nitrogen and oxygen atoms in total. The molecular weight excluding hydrogens is 320 g/mol. The van der Waals surface area contributed by atoms with Crippen LogP contribution in [-0.2, 0) is 10.0 Å². The zero-order valence-corrected chi connectivity index (χ0v) is 14.9. The molecule has 0 bridgehead atoms. The predicted molar refractivity (Wildman–Crippen MR) is 98.7 cm³/mol. The van der Waals surface area contributed by atoms with Gasteiger partial charge in [0.15, 0.2) is 0 Å². The van der Waals surface area contributed by atoms with Crippen LogP contribution in [0.25, 0.3) is 10.8 Å². The van der Waals surface area contributed by atoms with Crippen molar-refractivity contribution in [2.75, 3.05) is 26.2 Å². The van der Waals surface area contributed by atoms with Crippen LogP contribution in [0.2, 0.25) is 0 Å². The van der Waals surface area contributed by atoms with E-state index in [9.17, 15) is 8.42 Å². The monoisotopic (exact) mass is 346 g/mol. The topological polar surface area (TPSA) is 49.4 Å². The van der Waals surface area contributed by atoms with Gasteiger partial charge in [0.1, 0.15) is 0 Å². The molecule has 1 aliphatic rings. The second-order valence-corrected chi connectivity index (χ2v) is 8.22. The first-order valence-electron chi connectivity index (χ1n) is 8.87. The number of fused-ring (bicyclic) bond motifs is 1. The number of rotatable bonds is 7. The molecule has 0 unspecified atom stereocenters. The molecule has 24 heavy (non-hydrogen) atoms. The third-order valence-electron chi connectivity index (χ3n) is 4.68. The SMILES string of the molecule is O=S(=O)(NCCCCN1CCCCC1)c1cccc2ccccc12. The Labute approximate surface area is 144 Å². The van der Waals surface area contributed by atoms with Crippen molar-refractivity contribution in [3.05, 3.63) is 42.5 Å². The van der Waals surface area contributed by atoms with Gasteiger partial charge in [0.05, 0.1) is 4.90 Å². The summed E-state index contributed by atoms with van der Waals surface area (Å²) in [6, 6.07) is 13.0. The standard InChI is InChI=1S/C19H26N2O2S/c22-24(23,19-12-8-10-17-9-2-3-11-18(17)19)20-13-4-7-16-21-14-5-1-6-15-21/h2-3,8-12,20H,1,4-7,13-16H2. The van der Waals surface area contributed by atoms with E-state index in [4.69, 9.17) is 0 Å². The molecule has 0 spiro atoms. The first-order valence-corrected chi connectivity index (χ1v) is 10.3. The molecule has 0 radical (unpaired) electrons. The van der Waals surface area contributed by atoms with Crippen molar-refractivity contribution in [1.82, 2.24) is 9.62 Å². The molecule has 1 aliphatic heterocycles. The molecule has 0 atom stereocenters. The van der Waals surface area contributed by atoms with E-state index >= 15 is 0 Å². The Hall–Kier alpha value is -1.43. The number of sulfonamides is 1. The highest BCUT2D eigenvalue weighted by Gasteiger charge is 2.16. The van der Waals surface area contributed by atoms with Crippen LogP contribution >= 0.6 is 0 Å². The second-order valence-electron chi connectivity index (χ2n) is 6.48. The third kappa shape index (κ3) is 4.35. The first-order chi connectivity index (χ1) is 11.7. The van der Waals surface area contributed by atoms with Crippen LogP contribution in [0.5, 0.6) is 0 Å². The van der Waals surface area contributed by atoms with Crippen molar-refractivity contribution in [3.63, 3.8) is 0 Å². The van der Waals surface area contributed by atoms with Crippen molar-refractivity contribution in [1.29, 1.82) is 0 Å². The molecule has 1 heterocycles. The van der Waals surface area contributed by atoms with Crippen LogP contribution < -0.4 is 4.72 Å². The van der Waals surface area contributed by atoms with Gasteiger partial charge >= 0.3 is 0 Å². The summed E-state index contributed by atoms with van der Waals surface area (Å²) in [6.45, 7) is 3.97. The number of nitrogens with one attached hydrogen (secondary N) is 1. The zero-order chi connectivity index (χ0) is 16.8. The average molecular weight is 346 g/mol. The summed E-state index contributed by atoms with van der Waals surface area (Å²) >= 11 is 0. The smallest absolute Gasteiger partial charge is 0.241 e. The Balaban J connectivity index is 1.54. The summed E-state index contributed by atoms with van der Waals surface area (Å²) in [6.07, 6.45) is 5.86. The summed E-state index contributed by atoms with van der Waals surface area (Å²) in [5.74, 6) is 0. The Morgan fingerprint density at radius 2 is 1.67 bits per heavy atom. The van der Waals surface area contributed by atoms with Crippen LogP contribution in [0.15, 0.2) is 47.4 Å². The van der Waals surface area contributed by atoms with Gasteiger partial charge < -0.3 is 4.90 Å². The summed E-state index contributed by atoms with van der Waals surface area (Å²) in [5.41, 5.74) is 0. The van der Waals surface area contributed by atoms with Gasteiger partial charge in [-0.05, 0) is 56.8 Å². The van der Waals surface area contributed by atoms with Gasteiger partial charge in [0.25, 0.3) is 0 Å². The molecule has 0 aliphatic carbocycles. The van der Waals surface area contributed by atoms with Gasteiger partial charge in [-0.3, -0.25) is 0 Å². The van der Waals surface area contributed by atoms with Gasteiger partial charge in [0, 0.05) is 11.9 Å². The van der Waals surface area contributed by atoms with Gasteiger partial charge in [-0.15, -0.1) is 0 Å². The number of piperidine rings is 1. The lowest BCUT2D eigenvalue weighted by Gasteiger charge is -2.26. The number of unbranched alkanes of at least 4 members (excludes halogenated alkanes) is 1. The minimum absolute atomic E-state index is 0.372. The molecular formula is C19H26N2O2S. The largest absolute Gasteiger partial charge is 0.303 e. The molecule has 5 heteroatoms. The van der Waals surface area contributed by atoms with E-state index in [0.717, 1.165) is 30.2 Å². The molecule has 2 aromatic rings. The Morgan fingerprint density at radius 3 is 2.50 bits per heavy atom. The maximum atomic E-state index is 12.6. The number of nitrogens with zero attached hydrogens (tertiary/aromatic N) is 1. The minimum atomic E-state index is -3.46. The van der Waals surface area contributed by atoms with Crippen molar-refractivity contribution in [2.24, 2.45) is 0 Å². The predicted octanol–water partition coefficient (Wildman–Crippen LogP) is 3.38. The Kier molecular flexibility index (Phi) is 5.87. The maximum absolute atomic E-state index is 12.6. The molecule has 1 fully saturated rings. The van der Waals surface area contributed by atoms with Crippen molar-refractivity contribution in [2.45, 2.75) is 37.0 Å². The van der Waals surface area contributed by atoms with Gasteiger partial charge in [-0.2, -0.15) is 0 Å². The normalized spacial score (nSPS) is 16.5. The summed E-state index contributed by atoms with van der Waals surface area (Å²) < 4.78 is 27.9. The summed E-state index contributed by atoms with van der Waals surface area (Å²) in [7, 11) is -3.46. The fourth-order valence-corrected chi connectivity index (χ4v) is 4.66. The molecule has 2 aromatic carbocycles. The first kappa shape index (κ1) is 17.4. The molecule has 3 rings (SSSR count). The fraction of sp³-hybridized carbons (Fsp3) is 0.474. The van der Waals surface area contributed by atoms with E-state index in [0.29, 0.717) is 11.4 Å². The second kappa shape index (κ2) is 8.10. The van der Waals surface area contributed by atoms with Crippen LogP contribution in [0.3, 0.4) is 0 Å². The highest BCUT2D eigenvalue weighted by atomic mass is 32.2. The van der Waals surface area contributed by atoms with E-state index in [2.05, 4.69) is 9.62 Å². The van der Waals surface area contributed by atoms with E-state index < -0.39 is 10.0 Å². The quantitative estimate of drug-likeness (QED) is 0.782. The van der Waals surface area contributed by atoms with Gasteiger partial charge in [-0.1, -0.05) is 42.8 Å². The fourth-order valence-electron chi connectivity index (χ4n) is 3.36. The van der Waals surface area contributed by atoms with E-state index in [1.54, 1.807) is 12.1 Å². The molecule has 1 N–H and O–H groups in total. The molecule has 0 amide bonds. The summed E-state index contributed by atoms with van der Waals surface area (Å²) in [4.78, 5) is 2.86. The van der Waals surface area contributed by atoms with Crippen LogP contribution in [0.1, 0.15) is 32.1 Å². The number of likely N-dealkylation sites (tertiary alicyclic amines) is 1. The lowest BCUT2D eigenvalue weighted by atomic mass is 10.1. The molecule has 0 saturated carbocycles. The molecule has 1 saturated heterocycles. The lowest BCUT2D eigenvalue weighted by molar-refractivity contribution is 0.225. The van der Waals surface area contributed by atoms with E-state index in [1.807, 2.05) is 30.3 Å². The van der Waals surface area contributed by atoms with Crippen LogP contribution in [-0.4, -0.2) is 39.5 Å². The molecule has 130 valence electrons. The highest BCUT2D eigenvalue weighted by Crippen LogP contribution is 2.22. The number of benzene rings is 2. The van der Waals surface area contributed by atoms with Crippen molar-refractivity contribution in [3.8, 4) is 0 Å². The van der Waals surface area contributed by atoms with Crippen molar-refractivity contribution < 1.29 is 8.42 Å².